The second kappa shape index (κ2) is 9.40. The average Bonchev–Trinajstić information content (AvgIpc) is 2.87. The molecule has 5 heteroatoms. The highest BCUT2D eigenvalue weighted by molar-refractivity contribution is 5.98. The third-order valence-corrected chi connectivity index (χ3v) is 4.62. The van der Waals surface area contributed by atoms with Gasteiger partial charge in [-0.15, -0.1) is 0 Å². The third kappa shape index (κ3) is 5.32. The minimum atomic E-state index is -0.173. The van der Waals surface area contributed by atoms with Gasteiger partial charge in [0, 0.05) is 31.4 Å². The molecule has 1 aliphatic rings. The van der Waals surface area contributed by atoms with Crippen molar-refractivity contribution in [2.75, 3.05) is 13.6 Å². The molecule has 132 valence electrons. The highest BCUT2D eigenvalue weighted by Gasteiger charge is 2.18. The minimum absolute atomic E-state index is 0.0608. The van der Waals surface area contributed by atoms with Gasteiger partial charge in [0.2, 0.25) is 0 Å². The van der Waals surface area contributed by atoms with Crippen LogP contribution in [0.15, 0.2) is 18.3 Å². The molecule has 1 N–H and O–H groups in total. The summed E-state index contributed by atoms with van der Waals surface area (Å²) in [6, 6.07) is 3.51. The molecule has 24 heavy (non-hydrogen) atoms. The fraction of sp³-hybridized carbons (Fsp3) is 0.632. The Balaban J connectivity index is 2.00. The number of nitrogens with one attached hydrogen (secondary N) is 1. The summed E-state index contributed by atoms with van der Waals surface area (Å²) < 4.78 is 0. The molecular weight excluding hydrogens is 302 g/mol. The van der Waals surface area contributed by atoms with Gasteiger partial charge in [0.25, 0.3) is 11.8 Å². The first-order valence-electron chi connectivity index (χ1n) is 9.14. The van der Waals surface area contributed by atoms with Gasteiger partial charge in [0.15, 0.2) is 0 Å². The summed E-state index contributed by atoms with van der Waals surface area (Å²) in [5.41, 5.74) is 0.851. The molecule has 0 radical (unpaired) electrons. The van der Waals surface area contributed by atoms with Crippen molar-refractivity contribution >= 4 is 11.8 Å². The van der Waals surface area contributed by atoms with Gasteiger partial charge in [-0.2, -0.15) is 0 Å². The van der Waals surface area contributed by atoms with Crippen LogP contribution in [0, 0.1) is 0 Å². The number of amides is 2. The van der Waals surface area contributed by atoms with E-state index in [-0.39, 0.29) is 17.9 Å². The quantitative estimate of drug-likeness (QED) is 0.813. The fourth-order valence-corrected chi connectivity index (χ4v) is 3.09. The molecule has 0 aliphatic heterocycles. The van der Waals surface area contributed by atoms with Crippen LogP contribution in [-0.4, -0.2) is 41.3 Å². The predicted molar refractivity (Wildman–Crippen MR) is 95.1 cm³/mol. The van der Waals surface area contributed by atoms with Gasteiger partial charge in [-0.05, 0) is 31.4 Å². The van der Waals surface area contributed by atoms with Crippen molar-refractivity contribution in [1.29, 1.82) is 0 Å². The lowest BCUT2D eigenvalue weighted by Gasteiger charge is -2.18. The van der Waals surface area contributed by atoms with Gasteiger partial charge in [-0.1, -0.05) is 39.0 Å². The van der Waals surface area contributed by atoms with E-state index in [2.05, 4.69) is 17.2 Å². The van der Waals surface area contributed by atoms with Crippen molar-refractivity contribution in [3.8, 4) is 0 Å². The number of pyridine rings is 1. The lowest BCUT2D eigenvalue weighted by atomic mass is 10.1. The van der Waals surface area contributed by atoms with E-state index in [9.17, 15) is 9.59 Å². The summed E-state index contributed by atoms with van der Waals surface area (Å²) in [6.07, 6.45) is 10.5. The van der Waals surface area contributed by atoms with E-state index in [1.54, 1.807) is 30.3 Å². The molecule has 1 fully saturated rings. The average molecular weight is 331 g/mol. The summed E-state index contributed by atoms with van der Waals surface area (Å²) >= 11 is 0. The number of nitrogens with zero attached hydrogens (tertiary/aromatic N) is 2. The second-order valence-electron chi connectivity index (χ2n) is 6.67. The van der Waals surface area contributed by atoms with Crippen molar-refractivity contribution in [3.05, 3.63) is 29.6 Å². The van der Waals surface area contributed by atoms with Gasteiger partial charge in [0.1, 0.15) is 5.69 Å². The maximum Gasteiger partial charge on any atom is 0.270 e. The Morgan fingerprint density at radius 2 is 1.96 bits per heavy atom. The molecule has 5 nitrogen and oxygen atoms in total. The standard InChI is InChI=1S/C19H29N3O2/c1-3-4-13-22(2)19(24)15-11-12-20-17(14-15)18(23)21-16-9-7-5-6-8-10-16/h11-12,14,16H,3-10,13H2,1-2H3,(H,21,23). The highest BCUT2D eigenvalue weighted by atomic mass is 16.2. The van der Waals surface area contributed by atoms with Gasteiger partial charge >= 0.3 is 0 Å². The topological polar surface area (TPSA) is 62.3 Å². The molecule has 0 bridgehead atoms. The summed E-state index contributed by atoms with van der Waals surface area (Å²) in [5, 5.41) is 3.08. The van der Waals surface area contributed by atoms with E-state index < -0.39 is 0 Å². The van der Waals surface area contributed by atoms with Gasteiger partial charge < -0.3 is 10.2 Å². The van der Waals surface area contributed by atoms with Crippen LogP contribution >= 0.6 is 0 Å². The van der Waals surface area contributed by atoms with E-state index in [4.69, 9.17) is 0 Å². The zero-order valence-electron chi connectivity index (χ0n) is 14.9. The number of hydrogen-bond donors (Lipinski definition) is 1. The first-order valence-corrected chi connectivity index (χ1v) is 9.14. The van der Waals surface area contributed by atoms with Crippen molar-refractivity contribution < 1.29 is 9.59 Å². The second-order valence-corrected chi connectivity index (χ2v) is 6.67. The lowest BCUT2D eigenvalue weighted by Crippen LogP contribution is -2.35. The SMILES string of the molecule is CCCCN(C)C(=O)c1ccnc(C(=O)NC2CCCCCC2)c1. The summed E-state index contributed by atoms with van der Waals surface area (Å²) in [5.74, 6) is -0.234. The Bertz CT molecular complexity index is 551. The maximum atomic E-state index is 12.4. The van der Waals surface area contributed by atoms with Crippen LogP contribution in [0.5, 0.6) is 0 Å². The molecule has 0 unspecified atom stereocenters. The highest BCUT2D eigenvalue weighted by Crippen LogP contribution is 2.17. The zero-order valence-corrected chi connectivity index (χ0v) is 14.9. The first-order chi connectivity index (χ1) is 11.6. The molecule has 0 atom stereocenters. The number of rotatable bonds is 6. The summed E-state index contributed by atoms with van der Waals surface area (Å²) in [6.45, 7) is 2.82. The van der Waals surface area contributed by atoms with Crippen LogP contribution in [-0.2, 0) is 0 Å². The van der Waals surface area contributed by atoms with Crippen LogP contribution in [0.4, 0.5) is 0 Å². The molecule has 0 spiro atoms. The van der Waals surface area contributed by atoms with Crippen LogP contribution in [0.3, 0.4) is 0 Å². The van der Waals surface area contributed by atoms with Crippen molar-refractivity contribution in [3.63, 3.8) is 0 Å². The van der Waals surface area contributed by atoms with Gasteiger partial charge in [0.05, 0.1) is 0 Å². The van der Waals surface area contributed by atoms with Gasteiger partial charge in [-0.3, -0.25) is 14.6 Å². The Hall–Kier alpha value is -1.91. The van der Waals surface area contributed by atoms with E-state index >= 15 is 0 Å². The Morgan fingerprint density at radius 1 is 1.25 bits per heavy atom. The number of hydrogen-bond acceptors (Lipinski definition) is 3. The Morgan fingerprint density at radius 3 is 2.62 bits per heavy atom. The van der Waals surface area contributed by atoms with Crippen LogP contribution < -0.4 is 5.32 Å². The molecule has 0 saturated heterocycles. The predicted octanol–water partition coefficient (Wildman–Crippen LogP) is 3.41. The lowest BCUT2D eigenvalue weighted by molar-refractivity contribution is 0.0793. The number of unbranched alkanes of at least 4 members (excludes halogenated alkanes) is 1. The molecule has 1 heterocycles. The molecule has 0 aromatic carbocycles. The summed E-state index contributed by atoms with van der Waals surface area (Å²) in [7, 11) is 1.80. The van der Waals surface area contributed by atoms with Gasteiger partial charge in [-0.25, -0.2) is 0 Å². The summed E-state index contributed by atoms with van der Waals surface area (Å²) in [4.78, 5) is 30.7. The molecule has 1 aliphatic carbocycles. The van der Waals surface area contributed by atoms with E-state index in [0.717, 1.165) is 32.2 Å². The number of carbonyl (C=O) groups is 2. The van der Waals surface area contributed by atoms with E-state index in [1.165, 1.54) is 25.7 Å². The van der Waals surface area contributed by atoms with E-state index in [0.29, 0.717) is 11.3 Å². The largest absolute Gasteiger partial charge is 0.348 e. The van der Waals surface area contributed by atoms with Crippen LogP contribution in [0.1, 0.15) is 79.1 Å². The third-order valence-electron chi connectivity index (χ3n) is 4.62. The minimum Gasteiger partial charge on any atom is -0.348 e. The van der Waals surface area contributed by atoms with Crippen molar-refractivity contribution in [1.82, 2.24) is 15.2 Å². The van der Waals surface area contributed by atoms with Crippen molar-refractivity contribution in [2.45, 2.75) is 64.3 Å². The first kappa shape index (κ1) is 18.4. The molecule has 2 rings (SSSR count). The normalized spacial score (nSPS) is 15.6. The molecule has 1 saturated carbocycles. The van der Waals surface area contributed by atoms with Crippen molar-refractivity contribution in [2.24, 2.45) is 0 Å². The smallest absolute Gasteiger partial charge is 0.270 e. The zero-order chi connectivity index (χ0) is 17.4. The van der Waals surface area contributed by atoms with Crippen LogP contribution in [0.2, 0.25) is 0 Å². The number of carbonyl (C=O) groups excluding carboxylic acids is 2. The van der Waals surface area contributed by atoms with E-state index in [1.807, 2.05) is 0 Å². The molecule has 1 aromatic heterocycles. The molecule has 2 amide bonds. The Kier molecular flexibility index (Phi) is 7.22. The van der Waals surface area contributed by atoms with Crippen LogP contribution in [0.25, 0.3) is 0 Å². The molecule has 1 aromatic rings. The maximum absolute atomic E-state index is 12.4. The fourth-order valence-electron chi connectivity index (χ4n) is 3.09. The Labute approximate surface area is 144 Å². The monoisotopic (exact) mass is 331 g/mol. The number of aromatic nitrogens is 1. The molecular formula is C19H29N3O2.